The number of nitrogens with one attached hydrogen (secondary N) is 1. The first-order valence-corrected chi connectivity index (χ1v) is 11.2. The molecule has 0 aromatic heterocycles. The lowest BCUT2D eigenvalue weighted by Gasteiger charge is -2.17. The number of hydrogen-bond acceptors (Lipinski definition) is 3. The van der Waals surface area contributed by atoms with Crippen LogP contribution in [0.3, 0.4) is 0 Å². The molecule has 156 valence electrons. The van der Waals surface area contributed by atoms with Gasteiger partial charge in [0.05, 0.1) is 16.4 Å². The quantitative estimate of drug-likeness (QED) is 0.426. The zero-order chi connectivity index (χ0) is 21.8. The van der Waals surface area contributed by atoms with Crippen LogP contribution in [0.25, 0.3) is 21.5 Å². The Bertz CT molecular complexity index is 1230. The number of amides is 1. The third kappa shape index (κ3) is 4.49. The van der Waals surface area contributed by atoms with Gasteiger partial charge < -0.3 is 10.4 Å². The second kappa shape index (κ2) is 9.10. The highest BCUT2D eigenvalue weighted by molar-refractivity contribution is 7.85. The van der Waals surface area contributed by atoms with E-state index in [1.54, 1.807) is 24.3 Å². The van der Waals surface area contributed by atoms with Gasteiger partial charge in [-0.05, 0) is 46.2 Å². The molecule has 0 radical (unpaired) electrons. The molecule has 5 nitrogen and oxygen atoms in total. The Balaban J connectivity index is 1.61. The molecule has 31 heavy (non-hydrogen) atoms. The highest BCUT2D eigenvalue weighted by Gasteiger charge is 2.24. The Morgan fingerprint density at radius 2 is 1.39 bits per heavy atom. The Morgan fingerprint density at radius 3 is 1.97 bits per heavy atom. The van der Waals surface area contributed by atoms with E-state index in [0.717, 1.165) is 21.5 Å². The van der Waals surface area contributed by atoms with Crippen LogP contribution in [0.4, 0.5) is 0 Å². The minimum atomic E-state index is -1.34. The molecule has 0 heterocycles. The van der Waals surface area contributed by atoms with Gasteiger partial charge in [0.15, 0.2) is 0 Å². The fourth-order valence-electron chi connectivity index (χ4n) is 3.66. The molecular formula is C25H21NO4S. The molecule has 0 aliphatic carbocycles. The largest absolute Gasteiger partial charge is 0.480 e. The van der Waals surface area contributed by atoms with E-state index in [2.05, 4.69) is 5.32 Å². The summed E-state index contributed by atoms with van der Waals surface area (Å²) >= 11 is 0. The summed E-state index contributed by atoms with van der Waals surface area (Å²) in [4.78, 5) is 25.7. The average Bonchev–Trinajstić information content (AvgIpc) is 2.80. The first-order valence-electron chi connectivity index (χ1n) is 9.92. The predicted molar refractivity (Wildman–Crippen MR) is 123 cm³/mol. The highest BCUT2D eigenvalue weighted by Crippen LogP contribution is 2.28. The number of carbonyl (C=O) groups excluding carboxylic acids is 1. The Labute approximate surface area is 182 Å². The maximum absolute atomic E-state index is 13.3. The second-order valence-electron chi connectivity index (χ2n) is 7.21. The zero-order valence-corrected chi connectivity index (χ0v) is 17.5. The van der Waals surface area contributed by atoms with Crippen LogP contribution in [-0.4, -0.2) is 33.0 Å². The molecule has 0 spiro atoms. The second-order valence-corrected chi connectivity index (χ2v) is 8.78. The van der Waals surface area contributed by atoms with E-state index >= 15 is 0 Å². The van der Waals surface area contributed by atoms with Crippen LogP contribution < -0.4 is 5.32 Å². The van der Waals surface area contributed by atoms with Crippen molar-refractivity contribution in [3.05, 3.63) is 90.5 Å². The van der Waals surface area contributed by atoms with Crippen LogP contribution in [0.1, 0.15) is 16.8 Å². The predicted octanol–water partition coefficient (Wildman–Crippen LogP) is 4.37. The fourth-order valence-corrected chi connectivity index (χ4v) is 4.81. The lowest BCUT2D eigenvalue weighted by molar-refractivity contribution is -0.139. The molecule has 0 bridgehead atoms. The number of rotatable bonds is 7. The van der Waals surface area contributed by atoms with Gasteiger partial charge in [-0.25, -0.2) is 4.79 Å². The van der Waals surface area contributed by atoms with Crippen molar-refractivity contribution >= 4 is 44.2 Å². The molecule has 0 aliphatic rings. The zero-order valence-electron chi connectivity index (χ0n) is 16.7. The number of hydrogen-bond donors (Lipinski definition) is 2. The van der Waals surface area contributed by atoms with Gasteiger partial charge in [0.2, 0.25) is 0 Å². The minimum Gasteiger partial charge on any atom is -0.480 e. The van der Waals surface area contributed by atoms with E-state index in [1.165, 1.54) is 0 Å². The van der Waals surface area contributed by atoms with Gasteiger partial charge in [0.1, 0.15) is 6.04 Å². The van der Waals surface area contributed by atoms with Crippen LogP contribution in [0.2, 0.25) is 0 Å². The van der Waals surface area contributed by atoms with Crippen LogP contribution in [0, 0.1) is 0 Å². The smallest absolute Gasteiger partial charge is 0.326 e. The van der Waals surface area contributed by atoms with E-state index in [9.17, 15) is 18.9 Å². The first kappa shape index (κ1) is 20.8. The summed E-state index contributed by atoms with van der Waals surface area (Å²) in [7, 11) is -1.34. The summed E-state index contributed by atoms with van der Waals surface area (Å²) in [5.41, 5.74) is 0.448. The molecule has 0 fully saturated rings. The van der Waals surface area contributed by atoms with E-state index in [4.69, 9.17) is 0 Å². The van der Waals surface area contributed by atoms with E-state index in [-0.39, 0.29) is 12.2 Å². The molecule has 2 N–H and O–H groups in total. The van der Waals surface area contributed by atoms with Crippen LogP contribution in [0.5, 0.6) is 0 Å². The summed E-state index contributed by atoms with van der Waals surface area (Å²) in [6.07, 6.45) is 0.0608. The summed E-state index contributed by atoms with van der Waals surface area (Å²) in [6, 6.07) is 24.8. The molecule has 0 saturated carbocycles. The minimum absolute atomic E-state index is 0.0608. The number of aliphatic carboxylic acids is 1. The van der Waals surface area contributed by atoms with Crippen LogP contribution >= 0.6 is 0 Å². The third-order valence-electron chi connectivity index (χ3n) is 5.20. The van der Waals surface area contributed by atoms with Crippen molar-refractivity contribution < 1.29 is 18.9 Å². The maximum Gasteiger partial charge on any atom is 0.326 e. The molecule has 0 unspecified atom stereocenters. The van der Waals surface area contributed by atoms with E-state index in [0.29, 0.717) is 10.5 Å². The van der Waals surface area contributed by atoms with Gasteiger partial charge in [-0.2, -0.15) is 0 Å². The third-order valence-corrected chi connectivity index (χ3v) is 6.60. The Kier molecular flexibility index (Phi) is 6.09. The number of carbonyl (C=O) groups is 2. The van der Waals surface area contributed by atoms with Crippen molar-refractivity contribution in [1.29, 1.82) is 0 Å². The standard InChI is InChI=1S/C25H21NO4S/c27-24(26-22(25(28)29)14-15-31(30)19-10-2-1-3-11-19)23-20-12-6-4-8-17(20)16-18-9-5-7-13-21(18)23/h1-13,16,22H,14-15H2,(H,26,27)(H,28,29)/t22-,31+/m0/s1. The normalized spacial score (nSPS) is 13.0. The van der Waals surface area contributed by atoms with Crippen molar-refractivity contribution in [1.82, 2.24) is 5.32 Å². The fraction of sp³-hybridized carbons (Fsp3) is 0.120. The molecule has 6 heteroatoms. The van der Waals surface area contributed by atoms with Crippen molar-refractivity contribution in [2.75, 3.05) is 5.75 Å². The molecule has 0 saturated heterocycles. The SMILES string of the molecule is O=C(N[C@@H](CC[S@@](=O)c1ccccc1)C(=O)O)c1c2ccccc2cc2ccccc12. The molecule has 2 atom stereocenters. The number of carboxylic acid groups (broad SMARTS) is 1. The van der Waals surface area contributed by atoms with E-state index < -0.39 is 28.7 Å². The van der Waals surface area contributed by atoms with Gasteiger partial charge in [0, 0.05) is 10.6 Å². The molecule has 0 aliphatic heterocycles. The Morgan fingerprint density at radius 1 is 0.839 bits per heavy atom. The lowest BCUT2D eigenvalue weighted by Crippen LogP contribution is -2.41. The van der Waals surface area contributed by atoms with Gasteiger partial charge in [0.25, 0.3) is 5.91 Å². The Hall–Kier alpha value is -3.51. The molecule has 4 aromatic carbocycles. The topological polar surface area (TPSA) is 83.5 Å². The van der Waals surface area contributed by atoms with Gasteiger partial charge >= 0.3 is 5.97 Å². The molecule has 1 amide bonds. The summed E-state index contributed by atoms with van der Waals surface area (Å²) in [5, 5.41) is 15.6. The number of carboxylic acids is 1. The summed E-state index contributed by atoms with van der Waals surface area (Å²) in [6.45, 7) is 0. The number of fused-ring (bicyclic) bond motifs is 2. The van der Waals surface area contributed by atoms with E-state index in [1.807, 2.05) is 60.7 Å². The van der Waals surface area contributed by atoms with Crippen molar-refractivity contribution in [2.24, 2.45) is 0 Å². The monoisotopic (exact) mass is 431 g/mol. The van der Waals surface area contributed by atoms with Crippen LogP contribution in [-0.2, 0) is 15.6 Å². The van der Waals surface area contributed by atoms with Crippen molar-refractivity contribution in [2.45, 2.75) is 17.4 Å². The van der Waals surface area contributed by atoms with Gasteiger partial charge in [-0.3, -0.25) is 9.00 Å². The first-order chi connectivity index (χ1) is 15.0. The molecule has 4 aromatic rings. The number of benzene rings is 4. The van der Waals surface area contributed by atoms with Crippen molar-refractivity contribution in [3.8, 4) is 0 Å². The van der Waals surface area contributed by atoms with Gasteiger partial charge in [-0.1, -0.05) is 66.7 Å². The highest BCUT2D eigenvalue weighted by atomic mass is 32.2. The van der Waals surface area contributed by atoms with Gasteiger partial charge in [-0.15, -0.1) is 0 Å². The molecule has 4 rings (SSSR count). The van der Waals surface area contributed by atoms with Crippen molar-refractivity contribution in [3.63, 3.8) is 0 Å². The molecular weight excluding hydrogens is 410 g/mol. The van der Waals surface area contributed by atoms with Crippen LogP contribution in [0.15, 0.2) is 89.8 Å². The summed E-state index contributed by atoms with van der Waals surface area (Å²) in [5.74, 6) is -1.47. The summed E-state index contributed by atoms with van der Waals surface area (Å²) < 4.78 is 12.5. The average molecular weight is 432 g/mol. The maximum atomic E-state index is 13.3. The lowest BCUT2D eigenvalue weighted by atomic mass is 9.96.